The van der Waals surface area contributed by atoms with Gasteiger partial charge in [-0.05, 0) is 98.1 Å². The number of hydrogen-bond donors (Lipinski definition) is 3. The Kier molecular flexibility index (Phi) is 8.20. The summed E-state index contributed by atoms with van der Waals surface area (Å²) in [6, 6.07) is 11.6. The van der Waals surface area contributed by atoms with Crippen LogP contribution in [0, 0.1) is 23.2 Å². The van der Waals surface area contributed by atoms with Gasteiger partial charge in [-0.3, -0.25) is 14.2 Å². The van der Waals surface area contributed by atoms with E-state index < -0.39 is 0 Å². The number of carbonyl (C=O) groups excluding carboxylic acids is 1. The summed E-state index contributed by atoms with van der Waals surface area (Å²) in [5.74, 6) is 3.06. The molecule has 4 aliphatic carbocycles. The first-order valence-corrected chi connectivity index (χ1v) is 17.4. The van der Waals surface area contributed by atoms with Gasteiger partial charge in [-0.2, -0.15) is 0 Å². The Hall–Kier alpha value is -3.30. The Morgan fingerprint density at radius 3 is 2.61 bits per heavy atom. The van der Waals surface area contributed by atoms with Crippen molar-refractivity contribution in [3.05, 3.63) is 62.4 Å². The Bertz CT molecular complexity index is 1770. The molecule has 5 fully saturated rings. The van der Waals surface area contributed by atoms with Crippen LogP contribution in [0.25, 0.3) is 10.9 Å². The highest BCUT2D eigenvalue weighted by molar-refractivity contribution is 6.35. The average Bonchev–Trinajstić information content (AvgIpc) is 3.81. The maximum absolute atomic E-state index is 13.9. The molecule has 3 aromatic rings. The second-order valence-electron chi connectivity index (χ2n) is 14.5. The van der Waals surface area contributed by atoms with E-state index >= 15 is 0 Å². The second kappa shape index (κ2) is 12.1. The number of aryl methyl sites for hydroxylation is 1. The smallest absolute Gasteiger partial charge is 0.262 e. The summed E-state index contributed by atoms with van der Waals surface area (Å²) in [7, 11) is 0. The molecule has 46 heavy (non-hydrogen) atoms. The van der Waals surface area contributed by atoms with Crippen LogP contribution in [-0.4, -0.2) is 57.5 Å². The fraction of sp³-hybridized carbons (Fsp3) is 0.543. The van der Waals surface area contributed by atoms with Crippen LogP contribution in [0.3, 0.4) is 0 Å². The highest BCUT2D eigenvalue weighted by atomic mass is 35.5. The van der Waals surface area contributed by atoms with E-state index in [1.54, 1.807) is 10.6 Å². The molecule has 1 aliphatic heterocycles. The van der Waals surface area contributed by atoms with Gasteiger partial charge in [0.15, 0.2) is 5.96 Å². The summed E-state index contributed by atoms with van der Waals surface area (Å²) >= 11 is 12.5. The van der Waals surface area contributed by atoms with Crippen molar-refractivity contribution in [2.45, 2.75) is 84.5 Å². The molecule has 2 bridgehead atoms. The van der Waals surface area contributed by atoms with Crippen molar-refractivity contribution in [3.63, 3.8) is 0 Å². The molecule has 2 aromatic carbocycles. The first-order valence-electron chi connectivity index (χ1n) is 16.6. The first kappa shape index (κ1) is 31.3. The molecular formula is C35H43Cl2N7O2. The first-order chi connectivity index (χ1) is 22.0. The summed E-state index contributed by atoms with van der Waals surface area (Å²) in [5.41, 5.74) is 2.59. The SMILES string of the molecule is C[C@@H]1C(N=C(Nc2ccc3c(=O)n(CCc4ccc(Cl)cc4Cl)c(NC4CC4)nc3c2)N2CC(=O)N[C@@H](C)C2)C[C@@H]2C[C@H]1C2(C)C. The monoisotopic (exact) mass is 663 g/mol. The molecule has 1 amide bonds. The van der Waals surface area contributed by atoms with Crippen LogP contribution in [0.5, 0.6) is 0 Å². The Balaban J connectivity index is 1.20. The van der Waals surface area contributed by atoms with Gasteiger partial charge >= 0.3 is 0 Å². The summed E-state index contributed by atoms with van der Waals surface area (Å²) in [6.45, 7) is 10.5. The number of piperazine rings is 1. The van der Waals surface area contributed by atoms with E-state index in [2.05, 4.69) is 41.6 Å². The molecule has 1 aromatic heterocycles. The van der Waals surface area contributed by atoms with Crippen molar-refractivity contribution in [2.24, 2.45) is 28.2 Å². The predicted octanol–water partition coefficient (Wildman–Crippen LogP) is 6.18. The van der Waals surface area contributed by atoms with E-state index in [9.17, 15) is 9.59 Å². The number of hydrogen-bond acceptors (Lipinski definition) is 5. The molecule has 0 radical (unpaired) electrons. The summed E-state index contributed by atoms with van der Waals surface area (Å²) < 4.78 is 1.72. The largest absolute Gasteiger partial charge is 0.353 e. The van der Waals surface area contributed by atoms with Crippen molar-refractivity contribution < 1.29 is 4.79 Å². The number of fused-ring (bicyclic) bond motifs is 3. The summed E-state index contributed by atoms with van der Waals surface area (Å²) in [4.78, 5) is 38.8. The summed E-state index contributed by atoms with van der Waals surface area (Å²) in [5, 5.41) is 11.8. The molecule has 244 valence electrons. The van der Waals surface area contributed by atoms with E-state index in [0.717, 1.165) is 30.5 Å². The van der Waals surface area contributed by atoms with Crippen LogP contribution in [-0.2, 0) is 17.8 Å². The predicted molar refractivity (Wildman–Crippen MR) is 186 cm³/mol. The Morgan fingerprint density at radius 2 is 1.91 bits per heavy atom. The molecular weight excluding hydrogens is 621 g/mol. The highest BCUT2D eigenvalue weighted by Crippen LogP contribution is 2.61. The fourth-order valence-corrected chi connectivity index (χ4v) is 8.35. The number of aliphatic imine (C=N–C) groups is 1. The molecule has 5 aliphatic rings. The van der Waals surface area contributed by atoms with Crippen LogP contribution in [0.4, 0.5) is 11.6 Å². The van der Waals surface area contributed by atoms with Gasteiger partial charge in [-0.1, -0.05) is 50.0 Å². The lowest BCUT2D eigenvalue weighted by atomic mass is 9.45. The quantitative estimate of drug-likeness (QED) is 0.206. The van der Waals surface area contributed by atoms with Crippen LogP contribution >= 0.6 is 23.2 Å². The summed E-state index contributed by atoms with van der Waals surface area (Å²) in [6.07, 6.45) is 5.02. The third-order valence-electron chi connectivity index (χ3n) is 10.9. The van der Waals surface area contributed by atoms with Crippen LogP contribution in [0.1, 0.15) is 58.9 Å². The maximum atomic E-state index is 13.9. The molecule has 4 saturated carbocycles. The molecule has 11 heteroatoms. The standard InChI is InChI=1S/C35H43Cl2N7O2/c1-19-17-43(18-31(45)38-19)33(41-29-14-22-13-27(20(29)2)35(22,3)4)40-25-9-10-26-30(16-25)42-34(39-24-7-8-24)44(32(26)46)12-11-21-5-6-23(36)15-28(21)37/h5-6,9-10,15-16,19-20,22,24,27,29H,7-8,11-14,17-18H2,1-4H3,(H,38,45)(H,39,42)(H,40,41)/t19-,20-,22-,27+,29?/m0/s1. The highest BCUT2D eigenvalue weighted by Gasteiger charge is 2.56. The number of nitrogens with one attached hydrogen (secondary N) is 3. The minimum atomic E-state index is -0.0990. The number of nitrogens with zero attached hydrogens (tertiary/aromatic N) is 4. The van der Waals surface area contributed by atoms with Crippen LogP contribution < -0.4 is 21.5 Å². The van der Waals surface area contributed by atoms with Crippen molar-refractivity contribution >= 4 is 57.6 Å². The normalized spacial score (nSPS) is 27.3. The number of carbonyl (C=O) groups is 1. The van der Waals surface area contributed by atoms with Crippen molar-refractivity contribution in [3.8, 4) is 0 Å². The molecule has 1 saturated heterocycles. The van der Waals surface area contributed by atoms with Gasteiger partial charge in [0.2, 0.25) is 11.9 Å². The Morgan fingerprint density at radius 1 is 1.11 bits per heavy atom. The molecule has 3 N–H and O–H groups in total. The van der Waals surface area contributed by atoms with Gasteiger partial charge < -0.3 is 20.9 Å². The number of guanidine groups is 1. The van der Waals surface area contributed by atoms with Gasteiger partial charge in [-0.15, -0.1) is 0 Å². The Labute approximate surface area is 280 Å². The van der Waals surface area contributed by atoms with Crippen molar-refractivity contribution in [2.75, 3.05) is 23.7 Å². The number of benzene rings is 2. The number of aromatic nitrogens is 2. The lowest BCUT2D eigenvalue weighted by molar-refractivity contribution is -0.124. The fourth-order valence-electron chi connectivity index (χ4n) is 7.85. The zero-order valence-corrected chi connectivity index (χ0v) is 28.5. The molecule has 2 heterocycles. The van der Waals surface area contributed by atoms with Crippen LogP contribution in [0.15, 0.2) is 46.2 Å². The van der Waals surface area contributed by atoms with E-state index in [1.807, 2.05) is 37.3 Å². The molecule has 0 spiro atoms. The number of halogens is 2. The van der Waals surface area contributed by atoms with Gasteiger partial charge in [0.25, 0.3) is 5.56 Å². The number of rotatable bonds is 7. The minimum Gasteiger partial charge on any atom is -0.353 e. The van der Waals surface area contributed by atoms with Gasteiger partial charge in [-0.25, -0.2) is 9.98 Å². The third-order valence-corrected chi connectivity index (χ3v) is 11.5. The van der Waals surface area contributed by atoms with E-state index in [-0.39, 0.29) is 30.1 Å². The van der Waals surface area contributed by atoms with Crippen LogP contribution in [0.2, 0.25) is 10.0 Å². The van der Waals surface area contributed by atoms with Crippen molar-refractivity contribution in [1.82, 2.24) is 19.8 Å². The van der Waals surface area contributed by atoms with Crippen molar-refractivity contribution in [1.29, 1.82) is 0 Å². The average molecular weight is 665 g/mol. The van der Waals surface area contributed by atoms with E-state index in [0.29, 0.717) is 81.6 Å². The van der Waals surface area contributed by atoms with E-state index in [4.69, 9.17) is 33.2 Å². The molecule has 5 atom stereocenters. The molecule has 1 unspecified atom stereocenters. The van der Waals surface area contributed by atoms with Gasteiger partial charge in [0, 0.05) is 40.9 Å². The number of anilines is 2. The molecule has 9 nitrogen and oxygen atoms in total. The van der Waals surface area contributed by atoms with E-state index in [1.165, 1.54) is 6.42 Å². The second-order valence-corrected chi connectivity index (χ2v) is 15.3. The third kappa shape index (κ3) is 6.08. The minimum absolute atomic E-state index is 0.00895. The maximum Gasteiger partial charge on any atom is 0.262 e. The number of amides is 1. The topological polar surface area (TPSA) is 104 Å². The van der Waals surface area contributed by atoms with Gasteiger partial charge in [0.1, 0.15) is 0 Å². The lowest BCUT2D eigenvalue weighted by Gasteiger charge is -2.61. The molecule has 8 rings (SSSR count). The zero-order chi connectivity index (χ0) is 32.3. The van der Waals surface area contributed by atoms with Gasteiger partial charge in [0.05, 0.1) is 23.5 Å². The lowest BCUT2D eigenvalue weighted by Crippen LogP contribution is -2.58. The zero-order valence-electron chi connectivity index (χ0n) is 26.9.